The summed E-state index contributed by atoms with van der Waals surface area (Å²) in [4.78, 5) is 11.0. The zero-order chi connectivity index (χ0) is 14.3. The second-order valence-corrected chi connectivity index (χ2v) is 4.87. The Morgan fingerprint density at radius 3 is 2.53 bits per heavy atom. The Kier molecular flexibility index (Phi) is 3.32. The molecule has 0 bridgehead atoms. The molecule has 0 aliphatic carbocycles. The fourth-order valence-electron chi connectivity index (χ4n) is 2.57. The maximum Gasteiger partial charge on any atom is 0.337 e. The van der Waals surface area contributed by atoms with Gasteiger partial charge in [-0.15, -0.1) is 0 Å². The molecule has 0 radical (unpaired) electrons. The molecule has 0 aliphatic rings. The van der Waals surface area contributed by atoms with Crippen LogP contribution in [0.3, 0.4) is 0 Å². The number of carbonyl (C=O) groups is 1. The molecule has 19 heavy (non-hydrogen) atoms. The molecule has 0 fully saturated rings. The molecule has 0 spiro atoms. The van der Waals surface area contributed by atoms with E-state index in [1.54, 1.807) is 13.0 Å². The van der Waals surface area contributed by atoms with Crippen molar-refractivity contribution in [2.75, 3.05) is 0 Å². The van der Waals surface area contributed by atoms with Gasteiger partial charge >= 0.3 is 5.97 Å². The Morgan fingerprint density at radius 2 is 2.00 bits per heavy atom. The summed E-state index contributed by atoms with van der Waals surface area (Å²) < 4.78 is 15.3. The van der Waals surface area contributed by atoms with Crippen molar-refractivity contribution >= 4 is 16.9 Å². The summed E-state index contributed by atoms with van der Waals surface area (Å²) in [5.74, 6) is -1.79. The van der Waals surface area contributed by atoms with Gasteiger partial charge in [-0.2, -0.15) is 0 Å². The van der Waals surface area contributed by atoms with Gasteiger partial charge in [-0.25, -0.2) is 9.18 Å². The van der Waals surface area contributed by atoms with Crippen molar-refractivity contribution in [3.8, 4) is 0 Å². The summed E-state index contributed by atoms with van der Waals surface area (Å²) >= 11 is 0. The number of nitrogens with zero attached hydrogens (tertiary/aromatic N) is 1. The zero-order valence-corrected chi connectivity index (χ0v) is 11.0. The third kappa shape index (κ3) is 2.10. The molecule has 2 rings (SSSR count). The number of aromatic nitrogens is 1. The van der Waals surface area contributed by atoms with Crippen LogP contribution >= 0.6 is 0 Å². The number of rotatable bonds is 3. The number of aliphatic hydroxyl groups is 1. The molecule has 0 amide bonds. The van der Waals surface area contributed by atoms with Crippen molar-refractivity contribution < 1.29 is 19.4 Å². The number of hydrogen-bond donors (Lipinski definition) is 2. The first kappa shape index (κ1) is 13.5. The number of benzene rings is 1. The van der Waals surface area contributed by atoms with Gasteiger partial charge in [-0.3, -0.25) is 0 Å². The number of carboxylic acids is 1. The molecule has 0 aliphatic heterocycles. The van der Waals surface area contributed by atoms with Crippen LogP contribution in [0.2, 0.25) is 0 Å². The molecule has 1 unspecified atom stereocenters. The zero-order valence-electron chi connectivity index (χ0n) is 11.0. The summed E-state index contributed by atoms with van der Waals surface area (Å²) in [5, 5.41) is 19.3. The third-order valence-corrected chi connectivity index (χ3v) is 3.28. The van der Waals surface area contributed by atoms with Gasteiger partial charge in [-0.1, -0.05) is 0 Å². The molecule has 102 valence electrons. The Hall–Kier alpha value is -1.88. The van der Waals surface area contributed by atoms with Crippen LogP contribution in [0, 0.1) is 12.7 Å². The Balaban J connectivity index is 2.85. The van der Waals surface area contributed by atoms with Crippen LogP contribution in [0.4, 0.5) is 4.39 Å². The number of fused-ring (bicyclic) bond motifs is 1. The van der Waals surface area contributed by atoms with Gasteiger partial charge in [0.15, 0.2) is 6.10 Å². The van der Waals surface area contributed by atoms with E-state index >= 15 is 0 Å². The lowest BCUT2D eigenvalue weighted by molar-refractivity contribution is -0.146. The summed E-state index contributed by atoms with van der Waals surface area (Å²) in [5.41, 5.74) is 1.63. The molecular formula is C14H16FNO3. The van der Waals surface area contributed by atoms with Crippen LogP contribution in [0.5, 0.6) is 0 Å². The quantitative estimate of drug-likeness (QED) is 0.897. The minimum absolute atomic E-state index is 0.0858. The van der Waals surface area contributed by atoms with Crippen LogP contribution in [0.15, 0.2) is 18.2 Å². The lowest BCUT2D eigenvalue weighted by atomic mass is 10.1. The summed E-state index contributed by atoms with van der Waals surface area (Å²) in [6, 6.07) is 4.29. The van der Waals surface area contributed by atoms with E-state index in [2.05, 4.69) is 0 Å². The largest absolute Gasteiger partial charge is 0.479 e. The van der Waals surface area contributed by atoms with Gasteiger partial charge in [0.2, 0.25) is 0 Å². The number of hydrogen-bond acceptors (Lipinski definition) is 2. The SMILES string of the molecule is Cc1c(C(O)C(=O)O)c2cc(F)ccc2n1C(C)C. The topological polar surface area (TPSA) is 62.5 Å². The van der Waals surface area contributed by atoms with E-state index in [1.807, 2.05) is 18.4 Å². The van der Waals surface area contributed by atoms with Gasteiger partial charge in [0, 0.05) is 28.2 Å². The molecular weight excluding hydrogens is 249 g/mol. The average Bonchev–Trinajstić information content (AvgIpc) is 2.59. The van der Waals surface area contributed by atoms with E-state index in [0.717, 1.165) is 5.52 Å². The van der Waals surface area contributed by atoms with Gasteiger partial charge in [-0.05, 0) is 39.0 Å². The van der Waals surface area contributed by atoms with Gasteiger partial charge in [0.25, 0.3) is 0 Å². The molecule has 0 saturated heterocycles. The third-order valence-electron chi connectivity index (χ3n) is 3.28. The minimum Gasteiger partial charge on any atom is -0.479 e. The first-order valence-corrected chi connectivity index (χ1v) is 6.05. The lowest BCUT2D eigenvalue weighted by Crippen LogP contribution is -2.12. The second-order valence-electron chi connectivity index (χ2n) is 4.87. The van der Waals surface area contributed by atoms with E-state index in [-0.39, 0.29) is 11.6 Å². The first-order valence-electron chi connectivity index (χ1n) is 6.05. The van der Waals surface area contributed by atoms with E-state index in [4.69, 9.17) is 5.11 Å². The van der Waals surface area contributed by atoms with E-state index in [9.17, 15) is 14.3 Å². The van der Waals surface area contributed by atoms with Crippen molar-refractivity contribution in [3.05, 3.63) is 35.3 Å². The second kappa shape index (κ2) is 4.66. The fraction of sp³-hybridized carbons (Fsp3) is 0.357. The van der Waals surface area contributed by atoms with Gasteiger partial charge in [0.1, 0.15) is 5.82 Å². The van der Waals surface area contributed by atoms with Gasteiger partial charge < -0.3 is 14.8 Å². The Bertz CT molecular complexity index is 646. The number of aliphatic hydroxyl groups excluding tert-OH is 1. The predicted octanol–water partition coefficient (Wildman–Crippen LogP) is 2.79. The molecule has 1 atom stereocenters. The highest BCUT2D eigenvalue weighted by molar-refractivity contribution is 5.90. The van der Waals surface area contributed by atoms with Crippen LogP contribution in [-0.2, 0) is 4.79 Å². The number of aliphatic carboxylic acids is 1. The standard InChI is InChI=1S/C14H16FNO3/c1-7(2)16-8(3)12(13(17)14(18)19)10-6-9(15)4-5-11(10)16/h4-7,13,17H,1-3H3,(H,18,19). The summed E-state index contributed by atoms with van der Waals surface area (Å²) in [6.07, 6.45) is -1.65. The molecule has 2 aromatic rings. The number of carboxylic acid groups (broad SMARTS) is 1. The van der Waals surface area contributed by atoms with E-state index < -0.39 is 17.9 Å². The fourth-order valence-corrected chi connectivity index (χ4v) is 2.57. The highest BCUT2D eigenvalue weighted by atomic mass is 19.1. The molecule has 1 aromatic heterocycles. The van der Waals surface area contributed by atoms with Crippen molar-refractivity contribution in [1.82, 2.24) is 4.57 Å². The molecule has 0 saturated carbocycles. The molecule has 2 N–H and O–H groups in total. The maximum absolute atomic E-state index is 13.4. The van der Waals surface area contributed by atoms with Crippen LogP contribution in [0.25, 0.3) is 10.9 Å². The van der Waals surface area contributed by atoms with Crippen molar-refractivity contribution in [3.63, 3.8) is 0 Å². The maximum atomic E-state index is 13.4. The molecule has 5 heteroatoms. The monoisotopic (exact) mass is 265 g/mol. The smallest absolute Gasteiger partial charge is 0.337 e. The summed E-state index contributed by atoms with van der Waals surface area (Å²) in [6.45, 7) is 5.64. The van der Waals surface area contributed by atoms with Crippen LogP contribution in [-0.4, -0.2) is 20.7 Å². The molecule has 4 nitrogen and oxygen atoms in total. The Labute approximate surface area is 110 Å². The van der Waals surface area contributed by atoms with Crippen LogP contribution < -0.4 is 0 Å². The Morgan fingerprint density at radius 1 is 1.37 bits per heavy atom. The normalized spacial score (nSPS) is 13.2. The molecule has 1 heterocycles. The lowest BCUT2D eigenvalue weighted by Gasteiger charge is -2.13. The predicted molar refractivity (Wildman–Crippen MR) is 69.6 cm³/mol. The van der Waals surface area contributed by atoms with E-state index in [0.29, 0.717) is 11.1 Å². The molecule has 1 aromatic carbocycles. The van der Waals surface area contributed by atoms with Crippen molar-refractivity contribution in [2.24, 2.45) is 0 Å². The van der Waals surface area contributed by atoms with E-state index in [1.165, 1.54) is 12.1 Å². The number of halogens is 1. The van der Waals surface area contributed by atoms with Crippen LogP contribution in [0.1, 0.15) is 37.3 Å². The average molecular weight is 265 g/mol. The highest BCUT2D eigenvalue weighted by Gasteiger charge is 2.26. The highest BCUT2D eigenvalue weighted by Crippen LogP contribution is 2.33. The summed E-state index contributed by atoms with van der Waals surface area (Å²) in [7, 11) is 0. The minimum atomic E-state index is -1.65. The first-order chi connectivity index (χ1) is 8.84. The van der Waals surface area contributed by atoms with Crippen molar-refractivity contribution in [2.45, 2.75) is 32.9 Å². The van der Waals surface area contributed by atoms with Crippen molar-refractivity contribution in [1.29, 1.82) is 0 Å². The van der Waals surface area contributed by atoms with Gasteiger partial charge in [0.05, 0.1) is 0 Å².